The molecule has 3 atom stereocenters. The van der Waals surface area contributed by atoms with Gasteiger partial charge < -0.3 is 14.7 Å². The Bertz CT molecular complexity index is 1470. The van der Waals surface area contributed by atoms with Gasteiger partial charge in [-0.15, -0.1) is 0 Å². The highest BCUT2D eigenvalue weighted by molar-refractivity contribution is 7.92. The summed E-state index contributed by atoms with van der Waals surface area (Å²) in [6.45, 7) is 5.19. The Morgan fingerprint density at radius 3 is 2.51 bits per heavy atom. The van der Waals surface area contributed by atoms with Crippen LogP contribution in [0.15, 0.2) is 71.6 Å². The highest BCUT2D eigenvalue weighted by Gasteiger charge is 2.31. The SMILES string of the molecule is C[C@@H]1CN([C@H](C)CO)C(=O)Cc2cc(NS(=O)(=O)c3ccccc3)ccc2O[C@@H]1CN(C)Cc1ccc(Cl)c(Cl)c1. The quantitative estimate of drug-likeness (QED) is 0.347. The molecule has 0 aromatic heterocycles. The molecule has 8 nitrogen and oxygen atoms in total. The summed E-state index contributed by atoms with van der Waals surface area (Å²) in [5, 5.41) is 10.9. The van der Waals surface area contributed by atoms with E-state index in [4.69, 9.17) is 27.9 Å². The van der Waals surface area contributed by atoms with Crippen molar-refractivity contribution in [2.75, 3.05) is 31.5 Å². The molecule has 1 aliphatic heterocycles. The number of fused-ring (bicyclic) bond motifs is 1. The molecule has 0 saturated heterocycles. The summed E-state index contributed by atoms with van der Waals surface area (Å²) < 4.78 is 35.0. The van der Waals surface area contributed by atoms with Gasteiger partial charge in [-0.3, -0.25) is 14.4 Å². The summed E-state index contributed by atoms with van der Waals surface area (Å²) in [5.74, 6) is 0.266. The number of sulfonamides is 1. The molecule has 4 rings (SSSR count). The lowest BCUT2D eigenvalue weighted by atomic mass is 10.0. The van der Waals surface area contributed by atoms with Crippen LogP contribution in [0.3, 0.4) is 0 Å². The minimum Gasteiger partial charge on any atom is -0.488 e. The number of nitrogens with one attached hydrogen (secondary N) is 1. The van der Waals surface area contributed by atoms with Crippen LogP contribution in [-0.4, -0.2) is 68.1 Å². The zero-order valence-corrected chi connectivity index (χ0v) is 25.6. The molecule has 1 heterocycles. The van der Waals surface area contributed by atoms with Crippen molar-refractivity contribution in [3.8, 4) is 5.75 Å². The van der Waals surface area contributed by atoms with E-state index in [1.807, 2.05) is 26.1 Å². The highest BCUT2D eigenvalue weighted by Crippen LogP contribution is 2.30. The van der Waals surface area contributed by atoms with Crippen molar-refractivity contribution >= 4 is 44.8 Å². The number of nitrogens with zero attached hydrogens (tertiary/aromatic N) is 2. The second kappa shape index (κ2) is 13.4. The predicted molar refractivity (Wildman–Crippen MR) is 162 cm³/mol. The summed E-state index contributed by atoms with van der Waals surface area (Å²) in [5.41, 5.74) is 1.88. The Balaban J connectivity index is 1.62. The summed E-state index contributed by atoms with van der Waals surface area (Å²) >= 11 is 12.3. The third kappa shape index (κ3) is 7.93. The third-order valence-electron chi connectivity index (χ3n) is 7.15. The Hall–Kier alpha value is -2.82. The minimum absolute atomic E-state index is 0.000862. The Labute approximate surface area is 251 Å². The second-order valence-corrected chi connectivity index (χ2v) is 13.1. The monoisotopic (exact) mass is 619 g/mol. The second-order valence-electron chi connectivity index (χ2n) is 10.6. The van der Waals surface area contributed by atoms with E-state index in [9.17, 15) is 18.3 Å². The molecule has 1 amide bonds. The molecule has 0 aliphatic carbocycles. The molecule has 2 N–H and O–H groups in total. The first kappa shape index (κ1) is 31.1. The summed E-state index contributed by atoms with van der Waals surface area (Å²) in [4.78, 5) is 17.4. The van der Waals surface area contributed by atoms with E-state index in [2.05, 4.69) is 9.62 Å². The largest absolute Gasteiger partial charge is 0.488 e. The van der Waals surface area contributed by atoms with Gasteiger partial charge in [0.15, 0.2) is 0 Å². The maximum absolute atomic E-state index is 13.5. The van der Waals surface area contributed by atoms with E-state index in [-0.39, 0.29) is 41.9 Å². The molecule has 0 fully saturated rings. The minimum atomic E-state index is -3.82. The summed E-state index contributed by atoms with van der Waals surface area (Å²) in [6.07, 6.45) is -0.313. The number of aliphatic hydroxyl groups is 1. The van der Waals surface area contributed by atoms with Crippen LogP contribution in [0.5, 0.6) is 5.75 Å². The average Bonchev–Trinajstić information content (AvgIpc) is 2.98. The lowest BCUT2D eigenvalue weighted by Gasteiger charge is -2.34. The third-order valence-corrected chi connectivity index (χ3v) is 9.29. The molecule has 0 bridgehead atoms. The lowest BCUT2D eigenvalue weighted by molar-refractivity contribution is -0.134. The van der Waals surface area contributed by atoms with Gasteiger partial charge in [0.05, 0.1) is 34.0 Å². The Morgan fingerprint density at radius 2 is 1.83 bits per heavy atom. The van der Waals surface area contributed by atoms with Crippen molar-refractivity contribution in [2.24, 2.45) is 5.92 Å². The van der Waals surface area contributed by atoms with E-state index in [0.717, 1.165) is 5.56 Å². The number of rotatable bonds is 9. The number of ether oxygens (including phenoxy) is 1. The number of benzene rings is 3. The van der Waals surface area contributed by atoms with Crippen molar-refractivity contribution < 1.29 is 23.1 Å². The Morgan fingerprint density at radius 1 is 1.10 bits per heavy atom. The average molecular weight is 621 g/mol. The van der Waals surface area contributed by atoms with Crippen molar-refractivity contribution in [2.45, 2.75) is 43.9 Å². The van der Waals surface area contributed by atoms with Crippen molar-refractivity contribution in [1.29, 1.82) is 0 Å². The smallest absolute Gasteiger partial charge is 0.261 e. The topological polar surface area (TPSA) is 99.2 Å². The van der Waals surface area contributed by atoms with Crippen molar-refractivity contribution in [1.82, 2.24) is 9.80 Å². The van der Waals surface area contributed by atoms with E-state index < -0.39 is 10.0 Å². The normalized spacial score (nSPS) is 18.6. The standard InChI is InChI=1S/C30H35Cl2N3O5S/c1-20-16-35(21(2)19-36)30(37)15-23-14-24(33-41(38,39)25-7-5-4-6-8-25)10-12-28(23)40-29(20)18-34(3)17-22-9-11-26(31)27(32)13-22/h4-14,20-21,29,33,36H,15-19H2,1-3H3/t20-,21-,29-/m1/s1. The fourth-order valence-corrected chi connectivity index (χ4v) is 6.24. The van der Waals surface area contributed by atoms with E-state index in [0.29, 0.717) is 46.7 Å². The number of aliphatic hydroxyl groups excluding tert-OH is 1. The zero-order chi connectivity index (χ0) is 29.7. The summed E-state index contributed by atoms with van der Waals surface area (Å²) in [7, 11) is -1.84. The number of hydrogen-bond donors (Lipinski definition) is 2. The highest BCUT2D eigenvalue weighted by atomic mass is 35.5. The number of hydrogen-bond acceptors (Lipinski definition) is 6. The number of likely N-dealkylation sites (N-methyl/N-ethyl adjacent to an activating group) is 1. The lowest BCUT2D eigenvalue weighted by Crippen LogP contribution is -2.47. The van der Waals surface area contributed by atoms with Crippen LogP contribution >= 0.6 is 23.2 Å². The molecule has 11 heteroatoms. The molecular weight excluding hydrogens is 585 g/mol. The van der Waals surface area contributed by atoms with Gasteiger partial charge in [-0.1, -0.05) is 54.4 Å². The van der Waals surface area contributed by atoms with Gasteiger partial charge in [-0.2, -0.15) is 0 Å². The molecule has 0 spiro atoms. The maximum atomic E-state index is 13.5. The number of anilines is 1. The number of halogens is 2. The molecule has 220 valence electrons. The van der Waals surface area contributed by atoms with Crippen LogP contribution in [0.25, 0.3) is 0 Å². The zero-order valence-electron chi connectivity index (χ0n) is 23.3. The molecule has 0 radical (unpaired) electrons. The fraction of sp³-hybridized carbons (Fsp3) is 0.367. The first-order chi connectivity index (χ1) is 19.5. The molecule has 1 aliphatic rings. The summed E-state index contributed by atoms with van der Waals surface area (Å²) in [6, 6.07) is 18.2. The van der Waals surface area contributed by atoms with Crippen LogP contribution in [0, 0.1) is 5.92 Å². The van der Waals surface area contributed by atoms with Crippen molar-refractivity contribution in [3.05, 3.63) is 87.9 Å². The fourth-order valence-electron chi connectivity index (χ4n) is 4.85. The predicted octanol–water partition coefficient (Wildman–Crippen LogP) is 5.08. The number of amides is 1. The first-order valence-electron chi connectivity index (χ1n) is 13.4. The van der Waals surface area contributed by atoms with E-state index >= 15 is 0 Å². The van der Waals surface area contributed by atoms with Gasteiger partial charge in [0.2, 0.25) is 5.91 Å². The van der Waals surface area contributed by atoms with Crippen molar-refractivity contribution in [3.63, 3.8) is 0 Å². The van der Waals surface area contributed by atoms with Gasteiger partial charge in [0.25, 0.3) is 10.0 Å². The maximum Gasteiger partial charge on any atom is 0.261 e. The molecule has 0 unspecified atom stereocenters. The Kier molecular flexibility index (Phi) is 10.2. The van der Waals surface area contributed by atoms with Gasteiger partial charge in [-0.25, -0.2) is 8.42 Å². The van der Waals surface area contributed by atoms with Crippen LogP contribution in [0.4, 0.5) is 5.69 Å². The molecule has 3 aromatic carbocycles. The van der Waals surface area contributed by atoms with Gasteiger partial charge in [-0.05, 0) is 62.0 Å². The van der Waals surface area contributed by atoms with Gasteiger partial charge in [0, 0.05) is 36.8 Å². The first-order valence-corrected chi connectivity index (χ1v) is 15.6. The van der Waals surface area contributed by atoms with Crippen LogP contribution in [0.2, 0.25) is 10.0 Å². The van der Waals surface area contributed by atoms with Gasteiger partial charge >= 0.3 is 0 Å². The van der Waals surface area contributed by atoms with E-state index in [1.54, 1.807) is 54.3 Å². The molecule has 3 aromatic rings. The molecular formula is C30H35Cl2N3O5S. The van der Waals surface area contributed by atoms with Crippen LogP contribution < -0.4 is 9.46 Å². The number of carbonyl (C=O) groups is 1. The molecule has 0 saturated carbocycles. The van der Waals surface area contributed by atoms with Crippen LogP contribution in [-0.2, 0) is 27.8 Å². The van der Waals surface area contributed by atoms with E-state index in [1.165, 1.54) is 12.1 Å². The molecule has 41 heavy (non-hydrogen) atoms. The number of carbonyl (C=O) groups excluding carboxylic acids is 1. The van der Waals surface area contributed by atoms with Gasteiger partial charge in [0.1, 0.15) is 11.9 Å². The van der Waals surface area contributed by atoms with Crippen LogP contribution in [0.1, 0.15) is 25.0 Å².